The van der Waals surface area contributed by atoms with Crippen molar-refractivity contribution < 1.29 is 17.6 Å². The number of hydrogen-bond acceptors (Lipinski definition) is 3. The number of aromatic nitrogens is 2. The average molecular weight is 389 g/mol. The van der Waals surface area contributed by atoms with Crippen molar-refractivity contribution in [3.63, 3.8) is 0 Å². The van der Waals surface area contributed by atoms with Gasteiger partial charge in [-0.3, -0.25) is 4.68 Å². The molecular formula is C16H19F4N5S. The predicted molar refractivity (Wildman–Crippen MR) is 95.0 cm³/mol. The molecule has 0 bridgehead atoms. The molecule has 1 heterocycles. The fourth-order valence-corrected chi connectivity index (χ4v) is 2.42. The number of nitrogens with zero attached hydrogens (tertiary/aromatic N) is 3. The molecule has 0 atom stereocenters. The molecule has 0 aliphatic rings. The molecule has 0 radical (unpaired) electrons. The fourth-order valence-electron chi connectivity index (χ4n) is 2.20. The Morgan fingerprint density at radius 1 is 1.19 bits per heavy atom. The van der Waals surface area contributed by atoms with Gasteiger partial charge in [0.25, 0.3) is 0 Å². The van der Waals surface area contributed by atoms with Crippen molar-refractivity contribution in [1.82, 2.24) is 20.0 Å². The number of hydrogen-bond donors (Lipinski definition) is 2. The van der Waals surface area contributed by atoms with Crippen molar-refractivity contribution in [2.45, 2.75) is 13.0 Å². The Bertz CT molecular complexity index is 778. The molecule has 0 aliphatic carbocycles. The van der Waals surface area contributed by atoms with Crippen molar-refractivity contribution in [1.29, 1.82) is 0 Å². The average Bonchev–Trinajstić information content (AvgIpc) is 3.00. The topological polar surface area (TPSA) is 45.1 Å². The third-order valence-corrected chi connectivity index (χ3v) is 3.73. The van der Waals surface area contributed by atoms with Gasteiger partial charge in [-0.15, -0.1) is 0 Å². The molecule has 0 saturated carbocycles. The van der Waals surface area contributed by atoms with Gasteiger partial charge in [-0.1, -0.05) is 0 Å². The van der Waals surface area contributed by atoms with E-state index in [9.17, 15) is 17.6 Å². The summed E-state index contributed by atoms with van der Waals surface area (Å²) in [6.45, 7) is 1.21. The highest BCUT2D eigenvalue weighted by Crippen LogP contribution is 2.20. The van der Waals surface area contributed by atoms with Crippen molar-refractivity contribution in [3.05, 3.63) is 47.3 Å². The van der Waals surface area contributed by atoms with E-state index in [1.54, 1.807) is 0 Å². The molecule has 26 heavy (non-hydrogen) atoms. The fraction of sp³-hybridized carbons (Fsp3) is 0.375. The molecule has 0 fully saturated rings. The predicted octanol–water partition coefficient (Wildman–Crippen LogP) is 2.73. The lowest BCUT2D eigenvalue weighted by atomic mass is 10.2. The number of rotatable bonds is 7. The lowest BCUT2D eigenvalue weighted by Gasteiger charge is -2.11. The van der Waals surface area contributed by atoms with Gasteiger partial charge in [0.05, 0.1) is 18.4 Å². The summed E-state index contributed by atoms with van der Waals surface area (Å²) in [4.78, 5) is 2.05. The largest absolute Gasteiger partial charge is 0.362 e. The van der Waals surface area contributed by atoms with E-state index in [0.717, 1.165) is 13.0 Å². The lowest BCUT2D eigenvalue weighted by Crippen LogP contribution is -2.30. The van der Waals surface area contributed by atoms with E-state index in [1.165, 1.54) is 17.1 Å². The van der Waals surface area contributed by atoms with Crippen LogP contribution in [0.3, 0.4) is 0 Å². The molecule has 5 nitrogen and oxygen atoms in total. The monoisotopic (exact) mass is 389 g/mol. The van der Waals surface area contributed by atoms with Crippen LogP contribution in [0.15, 0.2) is 18.5 Å². The summed E-state index contributed by atoms with van der Waals surface area (Å²) in [7, 11) is 3.95. The zero-order valence-corrected chi connectivity index (χ0v) is 15.1. The lowest BCUT2D eigenvalue weighted by molar-refractivity contribution is 0.400. The molecule has 142 valence electrons. The highest BCUT2D eigenvalue weighted by Gasteiger charge is 2.19. The Morgan fingerprint density at radius 2 is 1.92 bits per heavy atom. The molecule has 0 aliphatic heterocycles. The molecule has 2 aromatic rings. The van der Waals surface area contributed by atoms with E-state index in [0.29, 0.717) is 23.4 Å². The van der Waals surface area contributed by atoms with E-state index in [-0.39, 0.29) is 6.54 Å². The Kier molecular flexibility index (Phi) is 6.92. The number of thiocarbonyl (C=S) groups is 1. The molecule has 0 amide bonds. The molecule has 10 heteroatoms. The molecular weight excluding hydrogens is 370 g/mol. The Morgan fingerprint density at radius 3 is 2.62 bits per heavy atom. The Hall–Kier alpha value is -2.20. The van der Waals surface area contributed by atoms with Crippen LogP contribution in [0.4, 0.5) is 23.2 Å². The Balaban J connectivity index is 1.94. The summed E-state index contributed by atoms with van der Waals surface area (Å²) < 4.78 is 54.8. The molecule has 0 saturated heterocycles. The SMILES string of the molecule is CN(C)CCCNC(=S)Nc1cnn(Cc2c(F)cc(F)c(F)c2F)c1. The highest BCUT2D eigenvalue weighted by atomic mass is 32.1. The van der Waals surface area contributed by atoms with Gasteiger partial charge in [0, 0.05) is 24.4 Å². The van der Waals surface area contributed by atoms with Crippen molar-refractivity contribution >= 4 is 23.0 Å². The minimum atomic E-state index is -1.71. The van der Waals surface area contributed by atoms with Crippen LogP contribution < -0.4 is 10.6 Å². The highest BCUT2D eigenvalue weighted by molar-refractivity contribution is 7.80. The first-order valence-electron chi connectivity index (χ1n) is 7.82. The summed E-state index contributed by atoms with van der Waals surface area (Å²) in [6.07, 6.45) is 3.76. The number of benzene rings is 1. The van der Waals surface area contributed by atoms with E-state index in [1.807, 2.05) is 14.1 Å². The minimum Gasteiger partial charge on any atom is -0.362 e. The standard InChI is InChI=1S/C16H19F4N5S/c1-24(2)5-3-4-21-16(26)23-10-7-22-25(8-10)9-11-12(17)6-13(18)15(20)14(11)19/h6-8H,3-5,9H2,1-2H3,(H2,21,23,26). The van der Waals surface area contributed by atoms with Crippen LogP contribution in [0.5, 0.6) is 0 Å². The maximum Gasteiger partial charge on any atom is 0.194 e. The summed E-state index contributed by atoms with van der Waals surface area (Å²) >= 11 is 5.14. The van der Waals surface area contributed by atoms with Crippen LogP contribution in [0, 0.1) is 23.3 Å². The van der Waals surface area contributed by atoms with Crippen LogP contribution in [0.2, 0.25) is 0 Å². The number of nitrogens with one attached hydrogen (secondary N) is 2. The van der Waals surface area contributed by atoms with Gasteiger partial charge in [0.15, 0.2) is 22.6 Å². The molecule has 2 N–H and O–H groups in total. The summed E-state index contributed by atoms with van der Waals surface area (Å²) in [5.41, 5.74) is -0.110. The second-order valence-electron chi connectivity index (χ2n) is 5.91. The maximum absolute atomic E-state index is 13.7. The third-order valence-electron chi connectivity index (χ3n) is 3.49. The van der Waals surface area contributed by atoms with Gasteiger partial charge in [0.2, 0.25) is 0 Å². The van der Waals surface area contributed by atoms with Crippen molar-refractivity contribution in [2.24, 2.45) is 0 Å². The van der Waals surface area contributed by atoms with E-state index in [4.69, 9.17) is 12.2 Å². The number of halogens is 4. The van der Waals surface area contributed by atoms with Crippen molar-refractivity contribution in [3.8, 4) is 0 Å². The normalized spacial score (nSPS) is 11.0. The summed E-state index contributed by atoms with van der Waals surface area (Å²) in [5, 5.41) is 10.2. The van der Waals surface area contributed by atoms with Gasteiger partial charge in [-0.25, -0.2) is 17.6 Å². The smallest absolute Gasteiger partial charge is 0.194 e. The third kappa shape index (κ3) is 5.40. The minimum absolute atomic E-state index is 0.309. The summed E-state index contributed by atoms with van der Waals surface area (Å²) in [5.74, 6) is -6.03. The molecule has 0 unspecified atom stereocenters. The van der Waals surface area contributed by atoms with Crippen molar-refractivity contribution in [2.75, 3.05) is 32.5 Å². The van der Waals surface area contributed by atoms with E-state index in [2.05, 4.69) is 20.6 Å². The van der Waals surface area contributed by atoms with Gasteiger partial charge in [-0.05, 0) is 39.3 Å². The van der Waals surface area contributed by atoms with Crippen LogP contribution in [0.1, 0.15) is 12.0 Å². The molecule has 2 rings (SSSR count). The first-order valence-corrected chi connectivity index (χ1v) is 8.22. The van der Waals surface area contributed by atoms with Gasteiger partial charge in [0.1, 0.15) is 5.82 Å². The van der Waals surface area contributed by atoms with Crippen LogP contribution in [-0.2, 0) is 6.54 Å². The quantitative estimate of drug-likeness (QED) is 0.251. The zero-order valence-electron chi connectivity index (χ0n) is 14.3. The van der Waals surface area contributed by atoms with Crippen LogP contribution >= 0.6 is 12.2 Å². The Labute approximate surface area is 154 Å². The zero-order chi connectivity index (χ0) is 19.3. The van der Waals surface area contributed by atoms with Gasteiger partial charge in [-0.2, -0.15) is 5.10 Å². The molecule has 0 spiro atoms. The first kappa shape index (κ1) is 20.1. The van der Waals surface area contributed by atoms with E-state index >= 15 is 0 Å². The second-order valence-corrected chi connectivity index (χ2v) is 6.32. The maximum atomic E-state index is 13.7. The van der Waals surface area contributed by atoms with Crippen LogP contribution in [0.25, 0.3) is 0 Å². The van der Waals surface area contributed by atoms with Gasteiger partial charge >= 0.3 is 0 Å². The molecule has 1 aromatic heterocycles. The molecule has 1 aromatic carbocycles. The summed E-state index contributed by atoms with van der Waals surface area (Å²) in [6, 6.07) is 0.309. The van der Waals surface area contributed by atoms with E-state index < -0.39 is 28.8 Å². The first-order chi connectivity index (χ1) is 12.3. The van der Waals surface area contributed by atoms with Crippen LogP contribution in [-0.4, -0.2) is 47.0 Å². The number of anilines is 1. The van der Waals surface area contributed by atoms with Gasteiger partial charge < -0.3 is 15.5 Å². The second kappa shape index (κ2) is 8.95.